The number of likely N-dealkylation sites (N-methyl/N-ethyl adjacent to an activating group) is 1. The van der Waals surface area contributed by atoms with Crippen molar-refractivity contribution in [2.45, 2.75) is 12.0 Å². The van der Waals surface area contributed by atoms with Crippen LogP contribution in [-0.4, -0.2) is 36.6 Å². The van der Waals surface area contributed by atoms with E-state index in [1.165, 1.54) is 0 Å². The molecule has 58 valence electrons. The minimum Gasteiger partial charge on any atom is -0.353 e. The van der Waals surface area contributed by atoms with E-state index in [0.29, 0.717) is 6.61 Å². The van der Waals surface area contributed by atoms with E-state index in [-0.39, 0.29) is 5.91 Å². The maximum absolute atomic E-state index is 11.0. The molecule has 0 N–H and O–H groups in total. The molecule has 1 fully saturated rings. The fourth-order valence-corrected chi connectivity index (χ4v) is 1.10. The van der Waals surface area contributed by atoms with Gasteiger partial charge < -0.3 is 9.64 Å². The van der Waals surface area contributed by atoms with E-state index in [0.717, 1.165) is 13.0 Å². The Balaban J connectivity index is 2.55. The standard InChI is InChI=1S/C6H10ClNO2/c1-8-3-2-4-10-5(7)6(8)9/h5H,2-4H2,1H3. The highest BCUT2D eigenvalue weighted by atomic mass is 35.5. The maximum atomic E-state index is 11.0. The summed E-state index contributed by atoms with van der Waals surface area (Å²) >= 11 is 5.55. The molecule has 4 heteroatoms. The number of carbonyl (C=O) groups excluding carboxylic acids is 1. The molecular formula is C6H10ClNO2. The molecule has 1 rings (SSSR count). The van der Waals surface area contributed by atoms with Crippen molar-refractivity contribution in [2.24, 2.45) is 0 Å². The summed E-state index contributed by atoms with van der Waals surface area (Å²) in [5.41, 5.74) is -0.771. The van der Waals surface area contributed by atoms with Gasteiger partial charge in [-0.1, -0.05) is 11.6 Å². The van der Waals surface area contributed by atoms with Crippen molar-refractivity contribution in [3.63, 3.8) is 0 Å². The Morgan fingerprint density at radius 1 is 1.80 bits per heavy atom. The molecule has 1 amide bonds. The predicted molar refractivity (Wildman–Crippen MR) is 37.8 cm³/mol. The van der Waals surface area contributed by atoms with E-state index in [1.54, 1.807) is 11.9 Å². The summed E-state index contributed by atoms with van der Waals surface area (Å²) in [6.07, 6.45) is 0.867. The molecule has 1 aliphatic heterocycles. The molecule has 3 nitrogen and oxygen atoms in total. The molecule has 1 atom stereocenters. The minimum atomic E-state index is -0.771. The van der Waals surface area contributed by atoms with E-state index in [1.807, 2.05) is 0 Å². The monoisotopic (exact) mass is 163 g/mol. The van der Waals surface area contributed by atoms with Gasteiger partial charge in [-0.25, -0.2) is 0 Å². The van der Waals surface area contributed by atoms with Crippen LogP contribution in [0.1, 0.15) is 6.42 Å². The Labute approximate surface area is 64.9 Å². The number of hydrogen-bond acceptors (Lipinski definition) is 2. The Hall–Kier alpha value is -0.280. The summed E-state index contributed by atoms with van der Waals surface area (Å²) in [7, 11) is 1.73. The number of hydrogen-bond donors (Lipinski definition) is 0. The number of carbonyl (C=O) groups is 1. The van der Waals surface area contributed by atoms with Crippen LogP contribution in [0, 0.1) is 0 Å². The zero-order chi connectivity index (χ0) is 7.56. The normalized spacial score (nSPS) is 28.4. The van der Waals surface area contributed by atoms with Crippen LogP contribution >= 0.6 is 11.6 Å². The molecule has 1 aliphatic rings. The summed E-state index contributed by atoms with van der Waals surface area (Å²) < 4.78 is 4.96. The number of amides is 1. The van der Waals surface area contributed by atoms with Crippen LogP contribution in [0.3, 0.4) is 0 Å². The molecule has 0 radical (unpaired) electrons. The molecule has 1 unspecified atom stereocenters. The predicted octanol–water partition coefficient (Wildman–Crippen LogP) is 0.430. The average molecular weight is 164 g/mol. The lowest BCUT2D eigenvalue weighted by molar-refractivity contribution is -0.134. The highest BCUT2D eigenvalue weighted by Gasteiger charge is 2.22. The summed E-state index contributed by atoms with van der Waals surface area (Å²) in [6, 6.07) is 0. The molecule has 0 aliphatic carbocycles. The summed E-state index contributed by atoms with van der Waals surface area (Å²) in [5, 5.41) is 0. The smallest absolute Gasteiger partial charge is 0.266 e. The van der Waals surface area contributed by atoms with Gasteiger partial charge in [-0.2, -0.15) is 0 Å². The lowest BCUT2D eigenvalue weighted by Crippen LogP contribution is -2.32. The first-order valence-electron chi connectivity index (χ1n) is 3.22. The van der Waals surface area contributed by atoms with Gasteiger partial charge in [0, 0.05) is 13.6 Å². The molecule has 0 aromatic rings. The van der Waals surface area contributed by atoms with E-state index in [9.17, 15) is 4.79 Å². The average Bonchev–Trinajstić information content (AvgIpc) is 2.04. The second kappa shape index (κ2) is 3.21. The maximum Gasteiger partial charge on any atom is 0.266 e. The molecule has 0 bridgehead atoms. The van der Waals surface area contributed by atoms with Crippen molar-refractivity contribution in [3.05, 3.63) is 0 Å². The van der Waals surface area contributed by atoms with Crippen LogP contribution in [0.2, 0.25) is 0 Å². The Kier molecular flexibility index (Phi) is 2.51. The van der Waals surface area contributed by atoms with Crippen molar-refractivity contribution in [2.75, 3.05) is 20.2 Å². The molecule has 0 aromatic heterocycles. The zero-order valence-electron chi connectivity index (χ0n) is 5.84. The van der Waals surface area contributed by atoms with E-state index < -0.39 is 5.56 Å². The van der Waals surface area contributed by atoms with Gasteiger partial charge in [0.1, 0.15) is 0 Å². The number of nitrogens with zero attached hydrogens (tertiary/aromatic N) is 1. The van der Waals surface area contributed by atoms with Gasteiger partial charge in [0.25, 0.3) is 5.91 Å². The third-order valence-electron chi connectivity index (χ3n) is 1.47. The largest absolute Gasteiger partial charge is 0.353 e. The van der Waals surface area contributed by atoms with Gasteiger partial charge in [-0.05, 0) is 6.42 Å². The van der Waals surface area contributed by atoms with Crippen molar-refractivity contribution in [1.82, 2.24) is 4.90 Å². The quantitative estimate of drug-likeness (QED) is 0.485. The summed E-state index contributed by atoms with van der Waals surface area (Å²) in [4.78, 5) is 12.6. The van der Waals surface area contributed by atoms with Crippen LogP contribution in [-0.2, 0) is 9.53 Å². The van der Waals surface area contributed by atoms with Gasteiger partial charge in [-0.3, -0.25) is 4.79 Å². The van der Waals surface area contributed by atoms with Crippen LogP contribution in [0.25, 0.3) is 0 Å². The van der Waals surface area contributed by atoms with Crippen molar-refractivity contribution >= 4 is 17.5 Å². The van der Waals surface area contributed by atoms with Crippen LogP contribution in [0.5, 0.6) is 0 Å². The molecule has 0 spiro atoms. The number of rotatable bonds is 0. The first-order valence-corrected chi connectivity index (χ1v) is 3.66. The second-order valence-electron chi connectivity index (χ2n) is 2.30. The third-order valence-corrected chi connectivity index (χ3v) is 1.79. The van der Waals surface area contributed by atoms with Gasteiger partial charge in [-0.15, -0.1) is 0 Å². The van der Waals surface area contributed by atoms with Crippen LogP contribution in [0.15, 0.2) is 0 Å². The first kappa shape index (κ1) is 7.82. The minimum absolute atomic E-state index is 0.140. The number of halogens is 1. The van der Waals surface area contributed by atoms with Gasteiger partial charge in [0.2, 0.25) is 5.56 Å². The number of alkyl halides is 1. The molecular weight excluding hydrogens is 154 g/mol. The van der Waals surface area contributed by atoms with Gasteiger partial charge in [0.05, 0.1) is 6.61 Å². The Morgan fingerprint density at radius 2 is 2.50 bits per heavy atom. The van der Waals surface area contributed by atoms with Gasteiger partial charge >= 0.3 is 0 Å². The highest BCUT2D eigenvalue weighted by molar-refractivity contribution is 6.29. The molecule has 0 saturated carbocycles. The topological polar surface area (TPSA) is 29.5 Å². The lowest BCUT2D eigenvalue weighted by atomic mass is 10.4. The molecule has 1 saturated heterocycles. The van der Waals surface area contributed by atoms with E-state index in [4.69, 9.17) is 16.3 Å². The van der Waals surface area contributed by atoms with Crippen molar-refractivity contribution < 1.29 is 9.53 Å². The Morgan fingerprint density at radius 3 is 3.20 bits per heavy atom. The zero-order valence-corrected chi connectivity index (χ0v) is 6.60. The number of ether oxygens (including phenoxy) is 1. The SMILES string of the molecule is CN1CCCOC(Cl)C1=O. The van der Waals surface area contributed by atoms with Crippen molar-refractivity contribution in [3.8, 4) is 0 Å². The fraction of sp³-hybridized carbons (Fsp3) is 0.833. The molecule has 1 heterocycles. The lowest BCUT2D eigenvalue weighted by Gasteiger charge is -2.13. The molecule has 10 heavy (non-hydrogen) atoms. The van der Waals surface area contributed by atoms with Crippen molar-refractivity contribution in [1.29, 1.82) is 0 Å². The van der Waals surface area contributed by atoms with Crippen LogP contribution < -0.4 is 0 Å². The van der Waals surface area contributed by atoms with Gasteiger partial charge in [0.15, 0.2) is 0 Å². The first-order chi connectivity index (χ1) is 4.72. The van der Waals surface area contributed by atoms with E-state index >= 15 is 0 Å². The van der Waals surface area contributed by atoms with Crippen LogP contribution in [0.4, 0.5) is 0 Å². The molecule has 0 aromatic carbocycles. The summed E-state index contributed by atoms with van der Waals surface area (Å²) in [6.45, 7) is 1.31. The highest BCUT2D eigenvalue weighted by Crippen LogP contribution is 2.08. The second-order valence-corrected chi connectivity index (χ2v) is 2.70. The third kappa shape index (κ3) is 1.61. The fourth-order valence-electron chi connectivity index (χ4n) is 0.843. The Bertz CT molecular complexity index is 126. The summed E-state index contributed by atoms with van der Waals surface area (Å²) in [5.74, 6) is -0.140. The van der Waals surface area contributed by atoms with E-state index in [2.05, 4.69) is 0 Å².